The van der Waals surface area contributed by atoms with Gasteiger partial charge in [0.2, 0.25) is 5.91 Å². The van der Waals surface area contributed by atoms with E-state index in [1.807, 2.05) is 0 Å². The van der Waals surface area contributed by atoms with Gasteiger partial charge < -0.3 is 14.8 Å². The van der Waals surface area contributed by atoms with Crippen molar-refractivity contribution in [3.63, 3.8) is 0 Å². The van der Waals surface area contributed by atoms with Gasteiger partial charge in [-0.25, -0.2) is 12.8 Å². The Kier molecular flexibility index (Phi) is 5.47. The summed E-state index contributed by atoms with van der Waals surface area (Å²) in [6.45, 7) is 0.754. The van der Waals surface area contributed by atoms with E-state index < -0.39 is 27.3 Å². The summed E-state index contributed by atoms with van der Waals surface area (Å²) in [6, 6.07) is 8.50. The first-order valence-electron chi connectivity index (χ1n) is 7.72. The maximum atomic E-state index is 13.7. The average molecular weight is 444 g/mol. The average Bonchev–Trinajstić information content (AvgIpc) is 2.62. The van der Waals surface area contributed by atoms with Crippen LogP contribution in [0.4, 0.5) is 10.1 Å². The van der Waals surface area contributed by atoms with Crippen LogP contribution >= 0.6 is 15.9 Å². The number of halogens is 2. The van der Waals surface area contributed by atoms with E-state index in [9.17, 15) is 17.6 Å². The maximum absolute atomic E-state index is 13.7. The van der Waals surface area contributed by atoms with Crippen molar-refractivity contribution in [3.8, 4) is 11.5 Å². The molecule has 3 rings (SSSR count). The highest BCUT2D eigenvalue weighted by Crippen LogP contribution is 2.32. The summed E-state index contributed by atoms with van der Waals surface area (Å²) in [4.78, 5) is 12.0. The Labute approximate surface area is 158 Å². The number of carbonyl (C=O) groups excluding carboxylic acids is 1. The van der Waals surface area contributed by atoms with Crippen LogP contribution in [0.2, 0.25) is 0 Å². The maximum Gasteiger partial charge on any atom is 0.225 e. The molecule has 1 heterocycles. The molecule has 1 aliphatic heterocycles. The molecule has 0 atom stereocenters. The normalized spacial score (nSPS) is 13.3. The smallest absolute Gasteiger partial charge is 0.225 e. The van der Waals surface area contributed by atoms with Gasteiger partial charge in [0, 0.05) is 17.0 Å². The monoisotopic (exact) mass is 443 g/mol. The molecule has 138 valence electrons. The van der Waals surface area contributed by atoms with E-state index in [0.717, 1.165) is 0 Å². The Hall–Kier alpha value is -2.13. The standard InChI is InChI=1S/C17H15BrFNO5S/c18-11-1-3-14(13(19)9-11)20-17(21)5-8-26(22,23)12-2-4-15-16(10-12)25-7-6-24-15/h1-4,9-10H,5-8H2,(H,20,21). The molecule has 0 saturated heterocycles. The molecule has 2 aromatic carbocycles. The van der Waals surface area contributed by atoms with Gasteiger partial charge in [-0.1, -0.05) is 15.9 Å². The minimum absolute atomic E-state index is 0.00470. The van der Waals surface area contributed by atoms with Crippen LogP contribution in [0.15, 0.2) is 45.8 Å². The Balaban J connectivity index is 1.65. The van der Waals surface area contributed by atoms with Gasteiger partial charge in [0.05, 0.1) is 16.3 Å². The molecule has 2 aromatic rings. The van der Waals surface area contributed by atoms with Gasteiger partial charge in [-0.3, -0.25) is 4.79 Å². The minimum atomic E-state index is -3.70. The van der Waals surface area contributed by atoms with Crippen molar-refractivity contribution in [1.29, 1.82) is 0 Å². The van der Waals surface area contributed by atoms with E-state index in [4.69, 9.17) is 9.47 Å². The molecular formula is C17H15BrFNO5S. The lowest BCUT2D eigenvalue weighted by Gasteiger charge is -2.18. The molecule has 0 radical (unpaired) electrons. The zero-order valence-corrected chi connectivity index (χ0v) is 15.9. The molecule has 6 nitrogen and oxygen atoms in total. The molecule has 0 fully saturated rings. The summed E-state index contributed by atoms with van der Waals surface area (Å²) in [5.74, 6) is -0.761. The Morgan fingerprint density at radius 1 is 1.12 bits per heavy atom. The number of fused-ring (bicyclic) bond motifs is 1. The highest BCUT2D eigenvalue weighted by molar-refractivity contribution is 9.10. The van der Waals surface area contributed by atoms with Crippen molar-refractivity contribution in [2.24, 2.45) is 0 Å². The number of amides is 1. The van der Waals surface area contributed by atoms with E-state index in [2.05, 4.69) is 21.2 Å². The topological polar surface area (TPSA) is 81.7 Å². The lowest BCUT2D eigenvalue weighted by molar-refractivity contribution is -0.115. The number of ether oxygens (including phenoxy) is 2. The van der Waals surface area contributed by atoms with Gasteiger partial charge in [0.1, 0.15) is 19.0 Å². The van der Waals surface area contributed by atoms with Crippen LogP contribution in [0.3, 0.4) is 0 Å². The number of anilines is 1. The van der Waals surface area contributed by atoms with Gasteiger partial charge in [-0.15, -0.1) is 0 Å². The molecule has 1 amide bonds. The molecule has 0 spiro atoms. The lowest BCUT2D eigenvalue weighted by Crippen LogP contribution is -2.19. The number of sulfone groups is 1. The van der Waals surface area contributed by atoms with Crippen molar-refractivity contribution in [3.05, 3.63) is 46.7 Å². The van der Waals surface area contributed by atoms with Crippen LogP contribution < -0.4 is 14.8 Å². The first kappa shape index (κ1) is 18.7. The second-order valence-electron chi connectivity index (χ2n) is 5.55. The van der Waals surface area contributed by atoms with Crippen molar-refractivity contribution in [2.75, 3.05) is 24.3 Å². The zero-order chi connectivity index (χ0) is 18.7. The molecule has 0 saturated carbocycles. The molecule has 1 aliphatic rings. The third-order valence-corrected chi connectivity index (χ3v) is 5.88. The summed E-state index contributed by atoms with van der Waals surface area (Å²) in [6.07, 6.45) is -0.299. The summed E-state index contributed by atoms with van der Waals surface area (Å²) < 4.78 is 49.8. The fourth-order valence-corrected chi connectivity index (χ4v) is 3.95. The van der Waals surface area contributed by atoms with Crippen LogP contribution in [-0.2, 0) is 14.6 Å². The van der Waals surface area contributed by atoms with E-state index in [0.29, 0.717) is 29.2 Å². The molecular weight excluding hydrogens is 429 g/mol. The van der Waals surface area contributed by atoms with Crippen LogP contribution in [0.5, 0.6) is 11.5 Å². The number of rotatable bonds is 5. The minimum Gasteiger partial charge on any atom is -0.486 e. The van der Waals surface area contributed by atoms with Gasteiger partial charge in [-0.2, -0.15) is 0 Å². The Morgan fingerprint density at radius 3 is 2.58 bits per heavy atom. The van der Waals surface area contributed by atoms with E-state index in [-0.39, 0.29) is 17.0 Å². The van der Waals surface area contributed by atoms with E-state index in [1.165, 1.54) is 30.3 Å². The summed E-state index contributed by atoms with van der Waals surface area (Å²) in [5.41, 5.74) is -0.00470. The molecule has 0 unspecified atom stereocenters. The fourth-order valence-electron chi connectivity index (χ4n) is 2.37. The largest absolute Gasteiger partial charge is 0.486 e. The van der Waals surface area contributed by atoms with Crippen LogP contribution in [0.25, 0.3) is 0 Å². The van der Waals surface area contributed by atoms with Gasteiger partial charge in [0.15, 0.2) is 21.3 Å². The van der Waals surface area contributed by atoms with Crippen LogP contribution in [0, 0.1) is 5.82 Å². The fraction of sp³-hybridized carbons (Fsp3) is 0.235. The van der Waals surface area contributed by atoms with Crippen molar-refractivity contribution < 1.29 is 27.1 Å². The second-order valence-corrected chi connectivity index (χ2v) is 8.57. The summed E-state index contributed by atoms with van der Waals surface area (Å²) >= 11 is 3.12. The van der Waals surface area contributed by atoms with Crippen molar-refractivity contribution in [1.82, 2.24) is 0 Å². The van der Waals surface area contributed by atoms with Gasteiger partial charge in [0.25, 0.3) is 0 Å². The third kappa shape index (κ3) is 4.34. The van der Waals surface area contributed by atoms with Gasteiger partial charge >= 0.3 is 0 Å². The predicted molar refractivity (Wildman–Crippen MR) is 96.8 cm³/mol. The summed E-state index contributed by atoms with van der Waals surface area (Å²) in [5, 5.41) is 2.37. The van der Waals surface area contributed by atoms with Crippen molar-refractivity contribution in [2.45, 2.75) is 11.3 Å². The number of benzene rings is 2. The Bertz CT molecular complexity index is 948. The highest BCUT2D eigenvalue weighted by Gasteiger charge is 2.21. The first-order valence-corrected chi connectivity index (χ1v) is 10.2. The van der Waals surface area contributed by atoms with Gasteiger partial charge in [-0.05, 0) is 30.3 Å². The van der Waals surface area contributed by atoms with Crippen molar-refractivity contribution >= 4 is 37.4 Å². The SMILES string of the molecule is O=C(CCS(=O)(=O)c1ccc2c(c1)OCCO2)Nc1ccc(Br)cc1F. The molecule has 9 heteroatoms. The number of hydrogen-bond acceptors (Lipinski definition) is 5. The molecule has 1 N–H and O–H groups in total. The predicted octanol–water partition coefficient (Wildman–Crippen LogP) is 3.16. The number of nitrogens with one attached hydrogen (secondary N) is 1. The van der Waals surface area contributed by atoms with Crippen LogP contribution in [-0.4, -0.2) is 33.3 Å². The second kappa shape index (κ2) is 7.63. The lowest BCUT2D eigenvalue weighted by atomic mass is 10.3. The number of hydrogen-bond donors (Lipinski definition) is 1. The van der Waals surface area contributed by atoms with E-state index in [1.54, 1.807) is 6.07 Å². The third-order valence-electron chi connectivity index (χ3n) is 3.68. The first-order chi connectivity index (χ1) is 12.3. The molecule has 0 aliphatic carbocycles. The summed E-state index contributed by atoms with van der Waals surface area (Å²) in [7, 11) is -3.70. The van der Waals surface area contributed by atoms with E-state index >= 15 is 0 Å². The Morgan fingerprint density at radius 2 is 1.85 bits per heavy atom. The molecule has 0 bridgehead atoms. The highest BCUT2D eigenvalue weighted by atomic mass is 79.9. The zero-order valence-electron chi connectivity index (χ0n) is 13.5. The van der Waals surface area contributed by atoms with Crippen LogP contribution in [0.1, 0.15) is 6.42 Å². The quantitative estimate of drug-likeness (QED) is 0.767. The molecule has 0 aromatic heterocycles. The molecule has 26 heavy (non-hydrogen) atoms. The number of carbonyl (C=O) groups is 1.